The quantitative estimate of drug-likeness (QED) is 0.909. The van der Waals surface area contributed by atoms with Crippen LogP contribution in [0.4, 0.5) is 0 Å². The molecule has 1 aliphatic carbocycles. The van der Waals surface area contributed by atoms with Crippen LogP contribution in [0, 0.1) is 0 Å². The van der Waals surface area contributed by atoms with Crippen LogP contribution in [-0.2, 0) is 18.4 Å². The standard InChI is InChI=1S/C15H28N4/c1-15(2,3)14-13-11(16)7-6-8-12(13)19(17-14)10-9-18(4)5/h11H,6-10,16H2,1-5H3. The minimum atomic E-state index is 0.0718. The van der Waals surface area contributed by atoms with Crippen LogP contribution in [0.2, 0.25) is 0 Å². The Hall–Kier alpha value is -0.870. The van der Waals surface area contributed by atoms with Gasteiger partial charge in [-0.3, -0.25) is 4.68 Å². The molecule has 0 amide bonds. The van der Waals surface area contributed by atoms with Crippen molar-refractivity contribution in [1.82, 2.24) is 14.7 Å². The summed E-state index contributed by atoms with van der Waals surface area (Å²) < 4.78 is 2.20. The topological polar surface area (TPSA) is 47.1 Å². The second-order valence-corrected chi connectivity index (χ2v) is 6.98. The summed E-state index contributed by atoms with van der Waals surface area (Å²) in [5, 5.41) is 4.90. The van der Waals surface area contributed by atoms with E-state index in [0.29, 0.717) is 0 Å². The molecular weight excluding hydrogens is 236 g/mol. The Labute approximate surface area is 117 Å². The van der Waals surface area contributed by atoms with Gasteiger partial charge in [-0.15, -0.1) is 0 Å². The molecule has 0 saturated carbocycles. The van der Waals surface area contributed by atoms with E-state index < -0.39 is 0 Å². The molecule has 19 heavy (non-hydrogen) atoms. The first-order chi connectivity index (χ1) is 8.80. The van der Waals surface area contributed by atoms with Crippen LogP contribution in [0.15, 0.2) is 0 Å². The van der Waals surface area contributed by atoms with Crippen molar-refractivity contribution in [2.75, 3.05) is 20.6 Å². The van der Waals surface area contributed by atoms with Crippen LogP contribution < -0.4 is 5.73 Å². The van der Waals surface area contributed by atoms with Crippen molar-refractivity contribution in [3.05, 3.63) is 17.0 Å². The summed E-state index contributed by atoms with van der Waals surface area (Å²) in [5.74, 6) is 0. The molecule has 4 nitrogen and oxygen atoms in total. The second-order valence-electron chi connectivity index (χ2n) is 6.98. The Morgan fingerprint density at radius 2 is 2.05 bits per heavy atom. The van der Waals surface area contributed by atoms with Gasteiger partial charge in [0, 0.05) is 29.3 Å². The molecule has 1 aliphatic rings. The monoisotopic (exact) mass is 264 g/mol. The summed E-state index contributed by atoms with van der Waals surface area (Å²) in [4.78, 5) is 2.20. The van der Waals surface area contributed by atoms with Gasteiger partial charge in [0.15, 0.2) is 0 Å². The molecule has 1 heterocycles. The van der Waals surface area contributed by atoms with E-state index in [4.69, 9.17) is 10.8 Å². The van der Waals surface area contributed by atoms with Crippen LogP contribution in [0.1, 0.15) is 56.6 Å². The Bertz CT molecular complexity index is 440. The van der Waals surface area contributed by atoms with Crippen molar-refractivity contribution in [2.45, 2.75) is 58.0 Å². The van der Waals surface area contributed by atoms with E-state index in [0.717, 1.165) is 25.9 Å². The fourth-order valence-electron chi connectivity index (χ4n) is 2.83. The lowest BCUT2D eigenvalue weighted by molar-refractivity contribution is 0.365. The number of nitrogens with zero attached hydrogens (tertiary/aromatic N) is 3. The highest BCUT2D eigenvalue weighted by Crippen LogP contribution is 2.36. The largest absolute Gasteiger partial charge is 0.324 e. The lowest BCUT2D eigenvalue weighted by Crippen LogP contribution is -2.23. The first-order valence-electron chi connectivity index (χ1n) is 7.31. The summed E-state index contributed by atoms with van der Waals surface area (Å²) in [7, 11) is 4.21. The van der Waals surface area contributed by atoms with Crippen LogP contribution >= 0.6 is 0 Å². The number of likely N-dealkylation sites (N-methyl/N-ethyl adjacent to an activating group) is 1. The minimum absolute atomic E-state index is 0.0718. The predicted octanol–water partition coefficient (Wildman–Crippen LogP) is 2.08. The Kier molecular flexibility index (Phi) is 4.02. The first kappa shape index (κ1) is 14.5. The van der Waals surface area contributed by atoms with E-state index >= 15 is 0 Å². The molecule has 0 bridgehead atoms. The summed E-state index contributed by atoms with van der Waals surface area (Å²) in [6, 6.07) is 0.172. The van der Waals surface area contributed by atoms with Crippen molar-refractivity contribution >= 4 is 0 Å². The zero-order valence-electron chi connectivity index (χ0n) is 13.0. The van der Waals surface area contributed by atoms with E-state index in [2.05, 4.69) is 44.4 Å². The molecule has 4 heteroatoms. The van der Waals surface area contributed by atoms with Crippen molar-refractivity contribution in [1.29, 1.82) is 0 Å². The van der Waals surface area contributed by atoms with Gasteiger partial charge < -0.3 is 10.6 Å². The first-order valence-corrected chi connectivity index (χ1v) is 7.31. The van der Waals surface area contributed by atoms with Crippen LogP contribution in [0.25, 0.3) is 0 Å². The van der Waals surface area contributed by atoms with Crippen LogP contribution in [-0.4, -0.2) is 35.3 Å². The SMILES string of the molecule is CN(C)CCn1nc(C(C)(C)C)c2c1CCCC2N. The highest BCUT2D eigenvalue weighted by atomic mass is 15.3. The van der Waals surface area contributed by atoms with Gasteiger partial charge in [0.05, 0.1) is 12.2 Å². The molecule has 1 aromatic heterocycles. The number of aromatic nitrogens is 2. The van der Waals surface area contributed by atoms with Gasteiger partial charge in [-0.2, -0.15) is 5.10 Å². The van der Waals surface area contributed by atoms with Crippen molar-refractivity contribution in [3.8, 4) is 0 Å². The average molecular weight is 264 g/mol. The molecule has 0 spiro atoms. The summed E-state index contributed by atoms with van der Waals surface area (Å²) in [6.07, 6.45) is 3.40. The van der Waals surface area contributed by atoms with E-state index in [-0.39, 0.29) is 11.5 Å². The minimum Gasteiger partial charge on any atom is -0.324 e. The maximum atomic E-state index is 6.35. The fraction of sp³-hybridized carbons (Fsp3) is 0.800. The lowest BCUT2D eigenvalue weighted by Gasteiger charge is -2.24. The van der Waals surface area contributed by atoms with Gasteiger partial charge in [0.2, 0.25) is 0 Å². The van der Waals surface area contributed by atoms with Gasteiger partial charge in [-0.05, 0) is 33.4 Å². The van der Waals surface area contributed by atoms with Crippen molar-refractivity contribution < 1.29 is 0 Å². The third-order valence-corrected chi connectivity index (χ3v) is 3.87. The van der Waals surface area contributed by atoms with Crippen molar-refractivity contribution in [2.24, 2.45) is 5.73 Å². The molecular formula is C15H28N4. The van der Waals surface area contributed by atoms with E-state index in [1.54, 1.807) is 0 Å². The van der Waals surface area contributed by atoms with Gasteiger partial charge in [0.1, 0.15) is 0 Å². The third-order valence-electron chi connectivity index (χ3n) is 3.87. The number of hydrogen-bond donors (Lipinski definition) is 1. The van der Waals surface area contributed by atoms with Gasteiger partial charge in [0.25, 0.3) is 0 Å². The highest BCUT2D eigenvalue weighted by molar-refractivity contribution is 5.35. The summed E-state index contributed by atoms with van der Waals surface area (Å²) in [5.41, 5.74) is 10.3. The van der Waals surface area contributed by atoms with Gasteiger partial charge in [-0.25, -0.2) is 0 Å². The fourth-order valence-corrected chi connectivity index (χ4v) is 2.83. The number of rotatable bonds is 3. The van der Waals surface area contributed by atoms with E-state index in [1.165, 1.54) is 23.4 Å². The van der Waals surface area contributed by atoms with Crippen LogP contribution in [0.3, 0.4) is 0 Å². The molecule has 1 atom stereocenters. The molecule has 1 unspecified atom stereocenters. The molecule has 0 radical (unpaired) electrons. The molecule has 2 rings (SSSR count). The van der Waals surface area contributed by atoms with Gasteiger partial charge >= 0.3 is 0 Å². The molecule has 108 valence electrons. The number of fused-ring (bicyclic) bond motifs is 1. The van der Waals surface area contributed by atoms with Crippen molar-refractivity contribution in [3.63, 3.8) is 0 Å². The second kappa shape index (κ2) is 5.25. The van der Waals surface area contributed by atoms with Gasteiger partial charge in [-0.1, -0.05) is 20.8 Å². The predicted molar refractivity (Wildman–Crippen MR) is 79.3 cm³/mol. The maximum Gasteiger partial charge on any atom is 0.0728 e. The normalized spacial score (nSPS) is 19.8. The van der Waals surface area contributed by atoms with Crippen LogP contribution in [0.5, 0.6) is 0 Å². The number of hydrogen-bond acceptors (Lipinski definition) is 3. The van der Waals surface area contributed by atoms with E-state index in [1.807, 2.05) is 0 Å². The smallest absolute Gasteiger partial charge is 0.0728 e. The zero-order valence-corrected chi connectivity index (χ0v) is 13.0. The zero-order chi connectivity index (χ0) is 14.2. The highest BCUT2D eigenvalue weighted by Gasteiger charge is 2.31. The molecule has 1 aromatic rings. The molecule has 0 aromatic carbocycles. The molecule has 0 aliphatic heterocycles. The van der Waals surface area contributed by atoms with E-state index in [9.17, 15) is 0 Å². The maximum absolute atomic E-state index is 6.35. The molecule has 0 fully saturated rings. The Balaban J connectivity index is 2.40. The summed E-state index contributed by atoms with van der Waals surface area (Å²) >= 11 is 0. The Morgan fingerprint density at radius 1 is 1.37 bits per heavy atom. The number of nitrogens with two attached hydrogens (primary N) is 1. The third kappa shape index (κ3) is 3.00. The average Bonchev–Trinajstić information content (AvgIpc) is 2.66. The summed E-state index contributed by atoms with van der Waals surface area (Å²) in [6.45, 7) is 8.67. The Morgan fingerprint density at radius 3 is 2.63 bits per heavy atom. The molecule has 0 saturated heterocycles. The lowest BCUT2D eigenvalue weighted by atomic mass is 9.82. The molecule has 2 N–H and O–H groups in total.